The lowest BCUT2D eigenvalue weighted by Gasteiger charge is -2.19. The van der Waals surface area contributed by atoms with Crippen molar-refractivity contribution in [2.45, 2.75) is 26.0 Å². The summed E-state index contributed by atoms with van der Waals surface area (Å²) in [5.41, 5.74) is 0.768. The molecule has 1 atom stereocenters. The summed E-state index contributed by atoms with van der Waals surface area (Å²) >= 11 is 0. The van der Waals surface area contributed by atoms with Crippen LogP contribution in [-0.4, -0.2) is 40.5 Å². The molecule has 0 heterocycles. The zero-order valence-electron chi connectivity index (χ0n) is 16.9. The minimum Gasteiger partial charge on any atom is -0.497 e. The van der Waals surface area contributed by atoms with Gasteiger partial charge in [-0.25, -0.2) is 0 Å². The van der Waals surface area contributed by atoms with Gasteiger partial charge in [0.25, 0.3) is 5.91 Å². The van der Waals surface area contributed by atoms with Crippen LogP contribution in [0.25, 0.3) is 0 Å². The molecule has 0 saturated heterocycles. The normalized spacial score (nSPS) is 11.3. The average Bonchev–Trinajstić information content (AvgIpc) is 2.74. The van der Waals surface area contributed by atoms with Crippen molar-refractivity contribution in [3.63, 3.8) is 0 Å². The molecular weight excluding hydrogens is 362 g/mol. The lowest BCUT2D eigenvalue weighted by molar-refractivity contribution is -0.128. The Bertz CT molecular complexity index is 792. The van der Waals surface area contributed by atoms with Gasteiger partial charge in [0.05, 0.1) is 28.4 Å². The molecule has 152 valence electrons. The molecule has 0 spiro atoms. The minimum atomic E-state index is -0.627. The third kappa shape index (κ3) is 5.00. The molecule has 0 fully saturated rings. The van der Waals surface area contributed by atoms with E-state index in [4.69, 9.17) is 23.7 Å². The largest absolute Gasteiger partial charge is 0.497 e. The van der Waals surface area contributed by atoms with Crippen LogP contribution in [0.4, 0.5) is 0 Å². The summed E-state index contributed by atoms with van der Waals surface area (Å²) in [6.45, 7) is 2.15. The molecule has 0 radical (unpaired) electrons. The van der Waals surface area contributed by atoms with Crippen molar-refractivity contribution in [3.8, 4) is 28.7 Å². The van der Waals surface area contributed by atoms with Gasteiger partial charge in [-0.1, -0.05) is 13.0 Å². The van der Waals surface area contributed by atoms with Gasteiger partial charge < -0.3 is 29.0 Å². The summed E-state index contributed by atoms with van der Waals surface area (Å²) in [6, 6.07) is 10.8. The standard InChI is InChI=1S/C21H27NO6/c1-6-17(28-16-9-7-8-15(12-16)24-2)21(23)22-13-14-10-11-18(25-3)20(27-5)19(14)26-4/h7-12,17H,6,13H2,1-5H3,(H,22,23)/t17-/m1/s1. The Morgan fingerprint density at radius 3 is 2.25 bits per heavy atom. The van der Waals surface area contributed by atoms with Crippen molar-refractivity contribution in [2.75, 3.05) is 28.4 Å². The first-order chi connectivity index (χ1) is 13.6. The number of carbonyl (C=O) groups is 1. The van der Waals surface area contributed by atoms with Crippen LogP contribution in [0.5, 0.6) is 28.7 Å². The van der Waals surface area contributed by atoms with Gasteiger partial charge in [0.2, 0.25) is 5.75 Å². The maximum atomic E-state index is 12.6. The predicted molar refractivity (Wildman–Crippen MR) is 106 cm³/mol. The summed E-state index contributed by atoms with van der Waals surface area (Å²) in [5.74, 6) is 2.58. The fraction of sp³-hybridized carbons (Fsp3) is 0.381. The molecule has 1 N–H and O–H groups in total. The van der Waals surface area contributed by atoms with Crippen LogP contribution >= 0.6 is 0 Å². The van der Waals surface area contributed by atoms with Crippen molar-refractivity contribution >= 4 is 5.91 Å². The van der Waals surface area contributed by atoms with Gasteiger partial charge in [0, 0.05) is 18.2 Å². The molecule has 0 aliphatic carbocycles. The summed E-state index contributed by atoms with van der Waals surface area (Å²) in [4.78, 5) is 12.6. The van der Waals surface area contributed by atoms with Crippen LogP contribution < -0.4 is 29.0 Å². The van der Waals surface area contributed by atoms with E-state index in [2.05, 4.69) is 5.32 Å². The Morgan fingerprint density at radius 1 is 0.929 bits per heavy atom. The van der Waals surface area contributed by atoms with Gasteiger partial charge in [-0.3, -0.25) is 4.79 Å². The maximum Gasteiger partial charge on any atom is 0.261 e. The lowest BCUT2D eigenvalue weighted by atomic mass is 10.1. The van der Waals surface area contributed by atoms with E-state index in [0.717, 1.165) is 5.56 Å². The van der Waals surface area contributed by atoms with E-state index in [1.807, 2.05) is 25.1 Å². The van der Waals surface area contributed by atoms with Crippen LogP contribution in [0.2, 0.25) is 0 Å². The number of hydrogen-bond donors (Lipinski definition) is 1. The Hall–Kier alpha value is -3.09. The van der Waals surface area contributed by atoms with Crippen LogP contribution in [0, 0.1) is 0 Å². The molecule has 0 bridgehead atoms. The molecule has 1 amide bonds. The van der Waals surface area contributed by atoms with Gasteiger partial charge in [0.15, 0.2) is 17.6 Å². The first kappa shape index (κ1) is 21.2. The molecule has 0 unspecified atom stereocenters. The van der Waals surface area contributed by atoms with E-state index >= 15 is 0 Å². The number of nitrogens with one attached hydrogen (secondary N) is 1. The highest BCUT2D eigenvalue weighted by atomic mass is 16.5. The molecule has 2 rings (SSSR count). The monoisotopic (exact) mass is 389 g/mol. The Balaban J connectivity index is 2.09. The van der Waals surface area contributed by atoms with E-state index in [-0.39, 0.29) is 12.5 Å². The summed E-state index contributed by atoms with van der Waals surface area (Å²) in [6.07, 6.45) is -0.107. The molecule has 0 aliphatic heterocycles. The smallest absolute Gasteiger partial charge is 0.261 e. The third-order valence-corrected chi connectivity index (χ3v) is 4.22. The number of rotatable bonds is 10. The van der Waals surface area contributed by atoms with Gasteiger partial charge in [0.1, 0.15) is 11.5 Å². The molecule has 0 aliphatic rings. The van der Waals surface area contributed by atoms with Crippen molar-refractivity contribution < 1.29 is 28.5 Å². The molecule has 28 heavy (non-hydrogen) atoms. The summed E-state index contributed by atoms with van der Waals surface area (Å²) in [5, 5.41) is 2.89. The fourth-order valence-corrected chi connectivity index (χ4v) is 2.76. The van der Waals surface area contributed by atoms with E-state index in [1.165, 1.54) is 7.11 Å². The van der Waals surface area contributed by atoms with E-state index in [1.54, 1.807) is 39.5 Å². The van der Waals surface area contributed by atoms with Crippen LogP contribution in [0.1, 0.15) is 18.9 Å². The number of amides is 1. The van der Waals surface area contributed by atoms with E-state index in [9.17, 15) is 4.79 Å². The van der Waals surface area contributed by atoms with Crippen molar-refractivity contribution in [1.82, 2.24) is 5.32 Å². The van der Waals surface area contributed by atoms with Gasteiger partial charge in [-0.2, -0.15) is 0 Å². The second-order valence-corrected chi connectivity index (χ2v) is 5.90. The molecule has 2 aromatic rings. The maximum absolute atomic E-state index is 12.6. The minimum absolute atomic E-state index is 0.220. The second kappa shape index (κ2) is 10.3. The molecule has 7 heteroatoms. The van der Waals surface area contributed by atoms with Crippen LogP contribution in [-0.2, 0) is 11.3 Å². The average molecular weight is 389 g/mol. The SMILES string of the molecule is CC[C@@H](Oc1cccc(OC)c1)C(=O)NCc1ccc(OC)c(OC)c1OC. The first-order valence-electron chi connectivity index (χ1n) is 8.94. The number of benzene rings is 2. The Kier molecular flexibility index (Phi) is 7.80. The van der Waals surface area contributed by atoms with Crippen molar-refractivity contribution in [1.29, 1.82) is 0 Å². The lowest BCUT2D eigenvalue weighted by Crippen LogP contribution is -2.37. The first-order valence-corrected chi connectivity index (χ1v) is 8.94. The quantitative estimate of drug-likeness (QED) is 0.673. The molecule has 2 aromatic carbocycles. The highest BCUT2D eigenvalue weighted by molar-refractivity contribution is 5.81. The van der Waals surface area contributed by atoms with Crippen LogP contribution in [0.3, 0.4) is 0 Å². The zero-order valence-corrected chi connectivity index (χ0v) is 16.9. The highest BCUT2D eigenvalue weighted by Gasteiger charge is 2.20. The topological polar surface area (TPSA) is 75.3 Å². The van der Waals surface area contributed by atoms with Gasteiger partial charge in [-0.15, -0.1) is 0 Å². The number of carbonyl (C=O) groups excluding carboxylic acids is 1. The molecule has 0 saturated carbocycles. The number of ether oxygens (including phenoxy) is 5. The number of hydrogen-bond acceptors (Lipinski definition) is 6. The third-order valence-electron chi connectivity index (χ3n) is 4.22. The van der Waals surface area contributed by atoms with E-state index in [0.29, 0.717) is 35.2 Å². The van der Waals surface area contributed by atoms with E-state index < -0.39 is 6.10 Å². The Labute approximate surface area is 165 Å². The van der Waals surface area contributed by atoms with Gasteiger partial charge >= 0.3 is 0 Å². The van der Waals surface area contributed by atoms with Crippen molar-refractivity contribution in [2.24, 2.45) is 0 Å². The molecular formula is C21H27NO6. The Morgan fingerprint density at radius 2 is 1.64 bits per heavy atom. The molecule has 0 aromatic heterocycles. The number of methoxy groups -OCH3 is 4. The second-order valence-electron chi connectivity index (χ2n) is 5.90. The highest BCUT2D eigenvalue weighted by Crippen LogP contribution is 2.39. The zero-order chi connectivity index (χ0) is 20.5. The summed E-state index contributed by atoms with van der Waals surface area (Å²) < 4.78 is 27.1. The van der Waals surface area contributed by atoms with Gasteiger partial charge in [-0.05, 0) is 30.7 Å². The predicted octanol–water partition coefficient (Wildman–Crippen LogP) is 3.19. The summed E-state index contributed by atoms with van der Waals surface area (Å²) in [7, 11) is 6.22. The molecule has 7 nitrogen and oxygen atoms in total. The van der Waals surface area contributed by atoms with Crippen LogP contribution in [0.15, 0.2) is 36.4 Å². The fourth-order valence-electron chi connectivity index (χ4n) is 2.76. The van der Waals surface area contributed by atoms with Crippen molar-refractivity contribution in [3.05, 3.63) is 42.0 Å².